The van der Waals surface area contributed by atoms with Gasteiger partial charge in [-0.1, -0.05) is 5.16 Å². The molecule has 0 atom stereocenters. The van der Waals surface area contributed by atoms with Crippen LogP contribution in [0.5, 0.6) is 0 Å². The Labute approximate surface area is 138 Å². The van der Waals surface area contributed by atoms with Crippen molar-refractivity contribution >= 4 is 5.91 Å². The van der Waals surface area contributed by atoms with Crippen molar-refractivity contribution in [2.45, 2.75) is 39.5 Å². The molecule has 0 aliphatic carbocycles. The second kappa shape index (κ2) is 7.93. The molecule has 6 nitrogen and oxygen atoms in total. The predicted octanol–water partition coefficient (Wildman–Crippen LogP) is 1.70. The maximum absolute atomic E-state index is 12.2. The summed E-state index contributed by atoms with van der Waals surface area (Å²) >= 11 is 0. The van der Waals surface area contributed by atoms with Gasteiger partial charge >= 0.3 is 0 Å². The average Bonchev–Trinajstić information content (AvgIpc) is 2.82. The SMILES string of the molecule is Cc1noc(C)c1CCC(=O)NCC1(CN(C)C)CCOCC1. The highest BCUT2D eigenvalue weighted by atomic mass is 16.5. The minimum Gasteiger partial charge on any atom is -0.381 e. The lowest BCUT2D eigenvalue weighted by atomic mass is 9.79. The number of nitrogens with zero attached hydrogens (tertiary/aromatic N) is 2. The fourth-order valence-corrected chi connectivity index (χ4v) is 3.34. The molecule has 0 spiro atoms. The van der Waals surface area contributed by atoms with E-state index in [9.17, 15) is 4.79 Å². The summed E-state index contributed by atoms with van der Waals surface area (Å²) in [4.78, 5) is 14.4. The van der Waals surface area contributed by atoms with Gasteiger partial charge in [0, 0.05) is 43.7 Å². The van der Waals surface area contributed by atoms with Crippen LogP contribution in [0.4, 0.5) is 0 Å². The molecule has 1 saturated heterocycles. The Kier molecular flexibility index (Phi) is 6.18. The molecule has 1 amide bonds. The highest BCUT2D eigenvalue weighted by Gasteiger charge is 2.33. The Morgan fingerprint density at radius 2 is 2.00 bits per heavy atom. The Hall–Kier alpha value is -1.40. The van der Waals surface area contributed by atoms with Crippen LogP contribution in [0, 0.1) is 19.3 Å². The number of hydrogen-bond acceptors (Lipinski definition) is 5. The lowest BCUT2D eigenvalue weighted by Crippen LogP contribution is -2.47. The maximum atomic E-state index is 12.2. The van der Waals surface area contributed by atoms with E-state index >= 15 is 0 Å². The zero-order valence-corrected chi connectivity index (χ0v) is 14.8. The number of ether oxygens (including phenoxy) is 1. The first-order valence-corrected chi connectivity index (χ1v) is 8.33. The van der Waals surface area contributed by atoms with Crippen molar-refractivity contribution in [2.24, 2.45) is 5.41 Å². The van der Waals surface area contributed by atoms with Crippen LogP contribution in [-0.4, -0.2) is 56.4 Å². The summed E-state index contributed by atoms with van der Waals surface area (Å²) < 4.78 is 10.6. The molecule has 1 N–H and O–H groups in total. The molecule has 1 aromatic heterocycles. The summed E-state index contributed by atoms with van der Waals surface area (Å²) in [6, 6.07) is 0. The molecule has 2 heterocycles. The quantitative estimate of drug-likeness (QED) is 0.827. The molecular weight excluding hydrogens is 294 g/mol. The number of rotatable bonds is 7. The molecule has 6 heteroatoms. The molecule has 0 radical (unpaired) electrons. The average molecular weight is 323 g/mol. The van der Waals surface area contributed by atoms with Gasteiger partial charge < -0.3 is 19.5 Å². The second-order valence-corrected chi connectivity index (χ2v) is 6.93. The predicted molar refractivity (Wildman–Crippen MR) is 88.3 cm³/mol. The molecule has 0 bridgehead atoms. The molecule has 1 aromatic rings. The lowest BCUT2D eigenvalue weighted by molar-refractivity contribution is -0.122. The number of amides is 1. The van der Waals surface area contributed by atoms with Crippen molar-refractivity contribution in [1.82, 2.24) is 15.4 Å². The molecule has 1 aliphatic rings. The normalized spacial score (nSPS) is 17.4. The van der Waals surface area contributed by atoms with E-state index in [2.05, 4.69) is 29.5 Å². The zero-order valence-electron chi connectivity index (χ0n) is 14.8. The van der Waals surface area contributed by atoms with Gasteiger partial charge in [-0.25, -0.2) is 0 Å². The first-order chi connectivity index (χ1) is 10.9. The van der Waals surface area contributed by atoms with E-state index in [1.54, 1.807) is 0 Å². The molecule has 2 rings (SSSR count). The minimum absolute atomic E-state index is 0.0922. The van der Waals surface area contributed by atoms with Crippen LogP contribution < -0.4 is 5.32 Å². The van der Waals surface area contributed by atoms with Crippen LogP contribution in [0.15, 0.2) is 4.52 Å². The van der Waals surface area contributed by atoms with Crippen LogP contribution in [0.25, 0.3) is 0 Å². The monoisotopic (exact) mass is 323 g/mol. The first-order valence-electron chi connectivity index (χ1n) is 8.33. The van der Waals surface area contributed by atoms with Crippen molar-refractivity contribution in [3.8, 4) is 0 Å². The van der Waals surface area contributed by atoms with Crippen molar-refractivity contribution < 1.29 is 14.1 Å². The van der Waals surface area contributed by atoms with Crippen LogP contribution in [0.2, 0.25) is 0 Å². The molecular formula is C17H29N3O3. The Morgan fingerprint density at radius 3 is 2.57 bits per heavy atom. The van der Waals surface area contributed by atoms with E-state index in [1.165, 1.54) is 0 Å². The van der Waals surface area contributed by atoms with Crippen molar-refractivity contribution in [3.05, 3.63) is 17.0 Å². The van der Waals surface area contributed by atoms with E-state index in [-0.39, 0.29) is 11.3 Å². The molecule has 0 saturated carbocycles. The number of carbonyl (C=O) groups excluding carboxylic acids is 1. The fraction of sp³-hybridized carbons (Fsp3) is 0.765. The van der Waals surface area contributed by atoms with Gasteiger partial charge in [0.05, 0.1) is 5.69 Å². The van der Waals surface area contributed by atoms with Crippen LogP contribution >= 0.6 is 0 Å². The van der Waals surface area contributed by atoms with Crippen LogP contribution in [0.3, 0.4) is 0 Å². The first kappa shape index (κ1) is 17.9. The van der Waals surface area contributed by atoms with Gasteiger partial charge in [-0.2, -0.15) is 0 Å². The van der Waals surface area contributed by atoms with Gasteiger partial charge in [-0.3, -0.25) is 4.79 Å². The number of nitrogens with one attached hydrogen (secondary N) is 1. The highest BCUT2D eigenvalue weighted by molar-refractivity contribution is 5.76. The molecule has 130 valence electrons. The van der Waals surface area contributed by atoms with Gasteiger partial charge in [0.1, 0.15) is 5.76 Å². The summed E-state index contributed by atoms with van der Waals surface area (Å²) in [5.41, 5.74) is 2.05. The van der Waals surface area contributed by atoms with Gasteiger partial charge in [0.15, 0.2) is 0 Å². The standard InChI is InChI=1S/C17H29N3O3/c1-13-15(14(2)23-19-13)5-6-16(21)18-11-17(12-20(3)4)7-9-22-10-8-17/h5-12H2,1-4H3,(H,18,21). The summed E-state index contributed by atoms with van der Waals surface area (Å²) in [7, 11) is 4.16. The highest BCUT2D eigenvalue weighted by Crippen LogP contribution is 2.30. The fourth-order valence-electron chi connectivity index (χ4n) is 3.34. The Morgan fingerprint density at radius 1 is 1.30 bits per heavy atom. The summed E-state index contributed by atoms with van der Waals surface area (Å²) in [6.45, 7) is 7.06. The van der Waals surface area contributed by atoms with E-state index in [0.717, 1.165) is 56.2 Å². The van der Waals surface area contributed by atoms with E-state index in [1.807, 2.05) is 13.8 Å². The second-order valence-electron chi connectivity index (χ2n) is 6.93. The van der Waals surface area contributed by atoms with Crippen LogP contribution in [0.1, 0.15) is 36.3 Å². The summed E-state index contributed by atoms with van der Waals surface area (Å²) in [5, 5.41) is 7.06. The topological polar surface area (TPSA) is 67.6 Å². The van der Waals surface area contributed by atoms with Gasteiger partial charge in [0.2, 0.25) is 5.91 Å². The molecule has 1 aliphatic heterocycles. The number of aromatic nitrogens is 1. The smallest absolute Gasteiger partial charge is 0.220 e. The largest absolute Gasteiger partial charge is 0.381 e. The molecule has 0 unspecified atom stereocenters. The molecule has 0 aromatic carbocycles. The lowest BCUT2D eigenvalue weighted by Gasteiger charge is -2.39. The maximum Gasteiger partial charge on any atom is 0.220 e. The Bertz CT molecular complexity index is 500. The van der Waals surface area contributed by atoms with Crippen molar-refractivity contribution in [3.63, 3.8) is 0 Å². The van der Waals surface area contributed by atoms with E-state index in [0.29, 0.717) is 12.8 Å². The third-order valence-corrected chi connectivity index (χ3v) is 4.65. The summed E-state index contributed by atoms with van der Waals surface area (Å²) in [5.74, 6) is 0.901. The zero-order chi connectivity index (χ0) is 16.9. The van der Waals surface area contributed by atoms with Gasteiger partial charge in [0.25, 0.3) is 0 Å². The minimum atomic E-state index is 0.0922. The van der Waals surface area contributed by atoms with Crippen molar-refractivity contribution in [1.29, 1.82) is 0 Å². The Balaban J connectivity index is 1.84. The molecule has 23 heavy (non-hydrogen) atoms. The van der Waals surface area contributed by atoms with E-state index < -0.39 is 0 Å². The third kappa shape index (κ3) is 5.04. The van der Waals surface area contributed by atoms with Gasteiger partial charge in [-0.05, 0) is 47.2 Å². The third-order valence-electron chi connectivity index (χ3n) is 4.65. The summed E-state index contributed by atoms with van der Waals surface area (Å²) in [6.07, 6.45) is 3.14. The van der Waals surface area contributed by atoms with Crippen LogP contribution in [-0.2, 0) is 16.0 Å². The number of carbonyl (C=O) groups is 1. The number of aryl methyl sites for hydroxylation is 2. The van der Waals surface area contributed by atoms with E-state index in [4.69, 9.17) is 9.26 Å². The van der Waals surface area contributed by atoms with Gasteiger partial charge in [-0.15, -0.1) is 0 Å². The molecule has 1 fully saturated rings. The van der Waals surface area contributed by atoms with Crippen molar-refractivity contribution in [2.75, 3.05) is 40.4 Å². The number of hydrogen-bond donors (Lipinski definition) is 1.